The zero-order valence-corrected chi connectivity index (χ0v) is 14.9. The molecule has 0 bridgehead atoms. The molecule has 0 atom stereocenters. The lowest BCUT2D eigenvalue weighted by Crippen LogP contribution is -2.18. The van der Waals surface area contributed by atoms with Crippen molar-refractivity contribution in [2.24, 2.45) is 0 Å². The topological polar surface area (TPSA) is 52.6 Å². The number of fused-ring (bicyclic) bond motifs is 1. The van der Waals surface area contributed by atoms with Gasteiger partial charge in [-0.15, -0.1) is 0 Å². The minimum absolute atomic E-state index is 0.203. The maximum atomic E-state index is 12.5. The van der Waals surface area contributed by atoms with Crippen LogP contribution in [0.15, 0.2) is 68.9 Å². The van der Waals surface area contributed by atoms with Crippen LogP contribution in [0.1, 0.15) is 27.7 Å². The van der Waals surface area contributed by atoms with Gasteiger partial charge in [0, 0.05) is 5.57 Å². The van der Waals surface area contributed by atoms with Gasteiger partial charge < -0.3 is 9.47 Å². The van der Waals surface area contributed by atoms with Gasteiger partial charge in [-0.3, -0.25) is 0 Å². The third-order valence-corrected chi connectivity index (χ3v) is 4.14. The summed E-state index contributed by atoms with van der Waals surface area (Å²) in [5.74, 6) is -1.12. The number of hydrogen-bond donors (Lipinski definition) is 0. The summed E-state index contributed by atoms with van der Waals surface area (Å²) in [4.78, 5) is 24.8. The Bertz CT molecular complexity index is 795. The second-order valence-corrected chi connectivity index (χ2v) is 5.94. The van der Waals surface area contributed by atoms with Gasteiger partial charge in [0.1, 0.15) is 0 Å². The lowest BCUT2D eigenvalue weighted by Gasteiger charge is -2.18. The number of allylic oxidation sites excluding steroid dienone is 10. The summed E-state index contributed by atoms with van der Waals surface area (Å²) in [6, 6.07) is 0. The number of esters is 2. The fourth-order valence-corrected chi connectivity index (χ4v) is 3.20. The van der Waals surface area contributed by atoms with Gasteiger partial charge in [0.15, 0.2) is 0 Å². The molecule has 2 aliphatic carbocycles. The molecule has 4 nitrogen and oxygen atoms in total. The number of ether oxygens (including phenoxy) is 2. The average molecular weight is 328 g/mol. The molecule has 0 spiro atoms. The third kappa shape index (κ3) is 3.04. The number of rotatable bonds is 2. The summed E-state index contributed by atoms with van der Waals surface area (Å²) in [5.41, 5.74) is 6.09. The van der Waals surface area contributed by atoms with Gasteiger partial charge >= 0.3 is 11.9 Å². The van der Waals surface area contributed by atoms with Crippen molar-refractivity contribution in [3.8, 4) is 0 Å². The molecule has 2 aliphatic rings. The van der Waals surface area contributed by atoms with Gasteiger partial charge in [-0.05, 0) is 56.1 Å². The summed E-state index contributed by atoms with van der Waals surface area (Å²) in [6.07, 6.45) is 7.53. The maximum absolute atomic E-state index is 12.5. The Morgan fingerprint density at radius 3 is 2.00 bits per heavy atom. The van der Waals surface area contributed by atoms with E-state index in [2.05, 4.69) is 6.08 Å². The molecule has 24 heavy (non-hydrogen) atoms. The Balaban J connectivity index is 2.96. The largest absolute Gasteiger partial charge is 0.465 e. The maximum Gasteiger partial charge on any atom is 0.339 e. The molecule has 0 aromatic heterocycles. The van der Waals surface area contributed by atoms with Crippen LogP contribution in [-0.4, -0.2) is 26.2 Å². The van der Waals surface area contributed by atoms with E-state index in [9.17, 15) is 9.59 Å². The van der Waals surface area contributed by atoms with Gasteiger partial charge in [0.25, 0.3) is 0 Å². The van der Waals surface area contributed by atoms with Crippen LogP contribution in [0.5, 0.6) is 0 Å². The standard InChI is InChI=1S/C20H22O4/c1-11-9-13(3)16-12(2)7-8-15(19(21)23-5)18(20(22)24-6)17(16)14(4)10-11/h7-10H,1-6H3/i8+1,12+1. The second-order valence-electron chi connectivity index (χ2n) is 5.94. The second kappa shape index (κ2) is 6.87. The van der Waals surface area contributed by atoms with E-state index in [0.29, 0.717) is 0 Å². The van der Waals surface area contributed by atoms with Crippen molar-refractivity contribution in [3.05, 3.63) is 68.9 Å². The fourth-order valence-electron chi connectivity index (χ4n) is 3.20. The van der Waals surface area contributed by atoms with Crippen LogP contribution in [-0.2, 0) is 19.1 Å². The van der Waals surface area contributed by atoms with Crippen LogP contribution in [0, 0.1) is 0 Å². The molecule has 0 aromatic carbocycles. The van der Waals surface area contributed by atoms with E-state index in [4.69, 9.17) is 9.47 Å². The highest BCUT2D eigenvalue weighted by atomic mass is 16.5. The van der Waals surface area contributed by atoms with Gasteiger partial charge in [-0.1, -0.05) is 23.8 Å². The third-order valence-electron chi connectivity index (χ3n) is 4.14. The molecular weight excluding hydrogens is 306 g/mol. The molecule has 2 rings (SSSR count). The molecule has 126 valence electrons. The monoisotopic (exact) mass is 328 g/mol. The summed E-state index contributed by atoms with van der Waals surface area (Å²) in [7, 11) is 2.61. The van der Waals surface area contributed by atoms with Crippen molar-refractivity contribution in [1.29, 1.82) is 0 Å². The van der Waals surface area contributed by atoms with Crippen LogP contribution in [0.25, 0.3) is 0 Å². The number of methoxy groups -OCH3 is 2. The first-order chi connectivity index (χ1) is 11.3. The zero-order chi connectivity index (χ0) is 18.0. The average Bonchev–Trinajstić information content (AvgIpc) is 2.75. The molecule has 0 N–H and O–H groups in total. The molecule has 0 amide bonds. The van der Waals surface area contributed by atoms with Gasteiger partial charge in [-0.2, -0.15) is 0 Å². The number of carbonyl (C=O) groups excluding carboxylic acids is 2. The van der Waals surface area contributed by atoms with Gasteiger partial charge in [0.05, 0.1) is 25.4 Å². The predicted molar refractivity (Wildman–Crippen MR) is 93.1 cm³/mol. The van der Waals surface area contributed by atoms with Crippen LogP contribution < -0.4 is 0 Å². The smallest absolute Gasteiger partial charge is 0.339 e. The van der Waals surface area contributed by atoms with Gasteiger partial charge in [0.2, 0.25) is 0 Å². The minimum Gasteiger partial charge on any atom is -0.465 e. The lowest BCUT2D eigenvalue weighted by atomic mass is 9.91. The molecule has 0 fully saturated rings. The van der Waals surface area contributed by atoms with E-state index in [1.807, 2.05) is 39.8 Å². The Morgan fingerprint density at radius 2 is 1.42 bits per heavy atom. The molecule has 4 heteroatoms. The van der Waals surface area contributed by atoms with Crippen molar-refractivity contribution >= 4 is 11.9 Å². The van der Waals surface area contributed by atoms with Crippen LogP contribution in [0.2, 0.25) is 0 Å². The molecule has 0 unspecified atom stereocenters. The first-order valence-corrected chi connectivity index (χ1v) is 7.70. The minimum atomic E-state index is -0.562. The SMILES string of the molecule is COC(=O)C1=[13CH]C=[13C](C)C2=C(C)C=C(C)C=C(C)C2=C1C(=O)OC. The van der Waals surface area contributed by atoms with Gasteiger partial charge in [-0.25, -0.2) is 9.59 Å². The van der Waals surface area contributed by atoms with E-state index < -0.39 is 11.9 Å². The molecule has 0 heterocycles. The van der Waals surface area contributed by atoms with Crippen LogP contribution in [0.3, 0.4) is 0 Å². The number of hydrogen-bond acceptors (Lipinski definition) is 4. The molecule has 0 saturated heterocycles. The molecule has 0 aliphatic heterocycles. The van der Waals surface area contributed by atoms with E-state index in [1.54, 1.807) is 6.08 Å². The summed E-state index contributed by atoms with van der Waals surface area (Å²) < 4.78 is 9.84. The summed E-state index contributed by atoms with van der Waals surface area (Å²) >= 11 is 0. The Labute approximate surface area is 142 Å². The van der Waals surface area contributed by atoms with Crippen LogP contribution in [0.4, 0.5) is 0 Å². The fraction of sp³-hybridized carbons (Fsp3) is 0.300. The van der Waals surface area contributed by atoms with Crippen molar-refractivity contribution < 1.29 is 19.1 Å². The molecular formula is C20H22O4. The highest BCUT2D eigenvalue weighted by Crippen LogP contribution is 2.39. The lowest BCUT2D eigenvalue weighted by molar-refractivity contribution is -0.139. The summed E-state index contributed by atoms with van der Waals surface area (Å²) in [5, 5.41) is 0. The predicted octanol–water partition coefficient (Wildman–Crippen LogP) is 3.74. The summed E-state index contributed by atoms with van der Waals surface area (Å²) in [6.45, 7) is 7.90. The van der Waals surface area contributed by atoms with E-state index >= 15 is 0 Å². The number of carbonyl (C=O) groups is 2. The Hall–Kier alpha value is -2.62. The van der Waals surface area contributed by atoms with Crippen molar-refractivity contribution in [2.45, 2.75) is 27.7 Å². The first-order valence-electron chi connectivity index (χ1n) is 7.70. The molecule has 0 saturated carbocycles. The van der Waals surface area contributed by atoms with Crippen LogP contribution >= 0.6 is 0 Å². The normalized spacial score (nSPS) is 17.8. The van der Waals surface area contributed by atoms with E-state index in [-0.39, 0.29) is 11.1 Å². The zero-order valence-electron chi connectivity index (χ0n) is 14.9. The van der Waals surface area contributed by atoms with Crippen molar-refractivity contribution in [3.63, 3.8) is 0 Å². The Morgan fingerprint density at radius 1 is 0.792 bits per heavy atom. The van der Waals surface area contributed by atoms with Crippen molar-refractivity contribution in [1.82, 2.24) is 0 Å². The highest BCUT2D eigenvalue weighted by molar-refractivity contribution is 6.09. The Kier molecular flexibility index (Phi) is 5.07. The van der Waals surface area contributed by atoms with E-state index in [0.717, 1.165) is 33.4 Å². The van der Waals surface area contributed by atoms with Crippen molar-refractivity contribution in [2.75, 3.05) is 14.2 Å². The van der Waals surface area contributed by atoms with E-state index in [1.165, 1.54) is 14.2 Å². The molecule has 0 aromatic rings. The quantitative estimate of drug-likeness (QED) is 0.572. The molecule has 0 radical (unpaired) electrons. The first kappa shape index (κ1) is 17.7. The highest BCUT2D eigenvalue weighted by Gasteiger charge is 2.31.